The quantitative estimate of drug-likeness (QED) is 0.0119. The number of aromatic nitrogens is 5. The molecule has 9 N–H and O–H groups in total. The Morgan fingerprint density at radius 1 is 0.802 bits per heavy atom. The average molecular weight is 1470 g/mol. The minimum atomic E-state index is -1.87. The van der Waals surface area contributed by atoms with E-state index in [0.717, 1.165) is 40.5 Å². The van der Waals surface area contributed by atoms with Gasteiger partial charge in [-0.1, -0.05) is 74.0 Å². The number of anilines is 1. The van der Waals surface area contributed by atoms with Crippen LogP contribution in [0.2, 0.25) is 0 Å². The summed E-state index contributed by atoms with van der Waals surface area (Å²) in [5.74, 6) is -3.89. The highest BCUT2D eigenvalue weighted by Crippen LogP contribution is 2.43. The van der Waals surface area contributed by atoms with Gasteiger partial charge in [0.05, 0.1) is 81.3 Å². The molecule has 2 fully saturated rings. The molecular weight excluding hydrogens is 1370 g/mol. The van der Waals surface area contributed by atoms with Gasteiger partial charge >= 0.3 is 18.0 Å². The lowest BCUT2D eigenvalue weighted by atomic mass is 9.81. The SMILES string of the molecule is CCOC(=O)NCC(=O)O[C@]1(CC)C(=O)OCc2c1cc1n(c2=O)Cc2c-1nc1ccc(O)cc1c2CC.Cc1ccc(NC(=O)[C@H](CCCCN)NC(=O)[C@H](Cc2ccccc2)NC(=O)COCC(=O)NCCOCCOCCn2cc(CNC(=O)C3CCC(CN4C(=O)CC(C)C4=O)CC3)nn2)cc1. The van der Waals surface area contributed by atoms with Crippen molar-refractivity contribution in [3.05, 3.63) is 134 Å². The summed E-state index contributed by atoms with van der Waals surface area (Å²) in [5.41, 5.74) is 10.6. The Morgan fingerprint density at radius 2 is 1.55 bits per heavy atom. The smallest absolute Gasteiger partial charge is 0.407 e. The maximum absolute atomic E-state index is 13.7. The second kappa shape index (κ2) is 38.5. The molecule has 4 atom stereocenters. The van der Waals surface area contributed by atoms with Gasteiger partial charge in [-0.15, -0.1) is 5.10 Å². The topological polar surface area (TPSA) is 413 Å². The lowest BCUT2D eigenvalue weighted by Crippen LogP contribution is -2.54. The first-order valence-corrected chi connectivity index (χ1v) is 36.1. The Balaban J connectivity index is 0.000000286. The number of unbranched alkanes of at least 4 members (excludes halogenated alkanes) is 1. The third-order valence-corrected chi connectivity index (χ3v) is 18.9. The Labute approximate surface area is 613 Å². The molecule has 568 valence electrons. The van der Waals surface area contributed by atoms with Crippen molar-refractivity contribution in [2.45, 2.75) is 149 Å². The number of rotatable bonds is 35. The number of benzene rings is 3. The number of likely N-dealkylation sites (tertiary alicyclic amines) is 1. The number of nitrogens with one attached hydrogen (secondary N) is 6. The van der Waals surface area contributed by atoms with E-state index in [0.29, 0.717) is 106 Å². The van der Waals surface area contributed by atoms with Crippen molar-refractivity contribution in [3.8, 4) is 17.1 Å². The molecule has 31 nitrogen and oxygen atoms in total. The van der Waals surface area contributed by atoms with Crippen molar-refractivity contribution in [1.29, 1.82) is 0 Å². The molecule has 0 spiro atoms. The van der Waals surface area contributed by atoms with E-state index in [-0.39, 0.29) is 129 Å². The molecule has 3 aromatic heterocycles. The minimum absolute atomic E-state index is 0.00433. The van der Waals surface area contributed by atoms with Crippen LogP contribution >= 0.6 is 0 Å². The van der Waals surface area contributed by atoms with Crippen molar-refractivity contribution in [2.24, 2.45) is 23.5 Å². The highest BCUT2D eigenvalue weighted by Gasteiger charge is 2.51. The van der Waals surface area contributed by atoms with Gasteiger partial charge in [-0.05, 0) is 132 Å². The minimum Gasteiger partial charge on any atom is -0.508 e. The van der Waals surface area contributed by atoms with E-state index in [4.69, 9.17) is 39.1 Å². The van der Waals surface area contributed by atoms with E-state index in [1.54, 1.807) is 72.6 Å². The first-order valence-electron chi connectivity index (χ1n) is 36.1. The van der Waals surface area contributed by atoms with Crippen LogP contribution in [0.4, 0.5) is 10.5 Å². The van der Waals surface area contributed by atoms with Crippen LogP contribution in [0.3, 0.4) is 0 Å². The Morgan fingerprint density at radius 3 is 2.25 bits per heavy atom. The van der Waals surface area contributed by atoms with Crippen LogP contribution in [0.25, 0.3) is 22.3 Å². The van der Waals surface area contributed by atoms with Crippen molar-refractivity contribution >= 4 is 76.0 Å². The molecule has 3 aliphatic heterocycles. The van der Waals surface area contributed by atoms with Gasteiger partial charge in [-0.2, -0.15) is 0 Å². The fourth-order valence-electron chi connectivity index (χ4n) is 13.2. The molecule has 6 heterocycles. The monoisotopic (exact) mass is 1470 g/mol. The fourth-order valence-corrected chi connectivity index (χ4v) is 13.2. The normalized spacial score (nSPS) is 17.7. The molecule has 31 heteroatoms. The summed E-state index contributed by atoms with van der Waals surface area (Å²) in [6, 6.07) is 21.2. The number of pyridine rings is 2. The number of aryl methyl sites for hydroxylation is 2. The van der Waals surface area contributed by atoms with Crippen molar-refractivity contribution in [2.75, 3.05) is 77.7 Å². The fraction of sp³-hybridized carbons (Fsp3) is 0.493. The van der Waals surface area contributed by atoms with Crippen molar-refractivity contribution in [3.63, 3.8) is 0 Å². The van der Waals surface area contributed by atoms with Gasteiger partial charge in [0.25, 0.3) is 5.56 Å². The second-order valence-electron chi connectivity index (χ2n) is 26.5. The molecule has 1 unspecified atom stereocenters. The van der Waals surface area contributed by atoms with Crippen LogP contribution in [0.15, 0.2) is 89.9 Å². The number of carbonyl (C=O) groups excluding carboxylic acids is 10. The summed E-state index contributed by atoms with van der Waals surface area (Å²) in [4.78, 5) is 147. The largest absolute Gasteiger partial charge is 0.508 e. The molecule has 4 aliphatic rings. The predicted octanol–water partition coefficient (Wildman–Crippen LogP) is 4.19. The summed E-state index contributed by atoms with van der Waals surface area (Å²) >= 11 is 0. The predicted molar refractivity (Wildman–Crippen MR) is 384 cm³/mol. The molecule has 8 amide bonds. The van der Waals surface area contributed by atoms with Gasteiger partial charge in [0.15, 0.2) is 0 Å². The molecule has 0 radical (unpaired) electrons. The Kier molecular flexibility index (Phi) is 28.9. The first-order chi connectivity index (χ1) is 51.1. The van der Waals surface area contributed by atoms with Crippen LogP contribution in [0.1, 0.15) is 125 Å². The summed E-state index contributed by atoms with van der Waals surface area (Å²) < 4.78 is 35.5. The van der Waals surface area contributed by atoms with Gasteiger partial charge in [-0.25, -0.2) is 19.3 Å². The highest BCUT2D eigenvalue weighted by molar-refractivity contribution is 6.03. The van der Waals surface area contributed by atoms with Gasteiger partial charge in [0.1, 0.15) is 49.9 Å². The standard InChI is InChI=1S/C48H68N10O10.C27H27N3O8/c1-33-11-17-38(18-12-33)52-46(63)40(10-6-7-19-49)54-47(64)41(27-35-8-4-3-5-9-35)53-43(60)32-68-31-42(59)50-20-22-66-24-25-67-23-21-57-30-39(55-56-57)28-51-45(62)37-15-13-36(14-16-37)29-58-44(61)26-34(2)48(58)65;1-4-15-16-9-14(31)7-8-20(16)29-23-17(15)12-30-21(23)10-19-18(24(30)33)13-37-25(34)27(19,5-2)38-22(32)11-28-26(35)36-6-3/h3-5,8-9,11-12,17-18,30,34,36-37,40-41H,6-7,10,13-16,19-29,31-32,49H2,1-2H3,(H,50,59)(H,51,62)(H,52,63)(H,53,60)(H,54,64);7-10,31H,4-6,11-13H2,1-3H3,(H,28,35)/t34?,36?,37?,40-,41-;27-/m00/s1. The third-order valence-electron chi connectivity index (χ3n) is 18.9. The number of phenolic OH excluding ortho intramolecular Hbond substituents is 1. The number of hydrogen-bond donors (Lipinski definition) is 8. The number of hydrogen-bond acceptors (Lipinski definition) is 22. The van der Waals surface area contributed by atoms with Crippen LogP contribution in [-0.4, -0.2) is 178 Å². The number of aromatic hydroxyl groups is 1. The van der Waals surface area contributed by atoms with E-state index in [1.807, 2.05) is 56.3 Å². The van der Waals surface area contributed by atoms with E-state index in [9.17, 15) is 57.8 Å². The van der Waals surface area contributed by atoms with Gasteiger partial charge in [0, 0.05) is 60.0 Å². The number of cyclic esters (lactones) is 1. The molecule has 1 saturated carbocycles. The molecule has 106 heavy (non-hydrogen) atoms. The summed E-state index contributed by atoms with van der Waals surface area (Å²) in [5, 5.41) is 35.4. The van der Waals surface area contributed by atoms with Crippen molar-refractivity contribution < 1.29 is 81.5 Å². The van der Waals surface area contributed by atoms with Gasteiger partial charge in [0.2, 0.25) is 47.0 Å². The molecular formula is C75H95N13O18. The average Bonchev–Trinajstić information content (AvgIpc) is 1.47. The van der Waals surface area contributed by atoms with Gasteiger partial charge < -0.3 is 75.7 Å². The van der Waals surface area contributed by atoms with E-state index in [2.05, 4.69) is 42.2 Å². The van der Waals surface area contributed by atoms with E-state index >= 15 is 0 Å². The lowest BCUT2D eigenvalue weighted by Gasteiger charge is -2.35. The summed E-state index contributed by atoms with van der Waals surface area (Å²) in [6.07, 6.45) is 6.69. The molecule has 6 aromatic rings. The molecule has 0 bridgehead atoms. The zero-order valence-electron chi connectivity index (χ0n) is 60.5. The molecule has 1 saturated heterocycles. The number of esters is 2. The second-order valence-corrected chi connectivity index (χ2v) is 26.5. The maximum Gasteiger partial charge on any atom is 0.407 e. The van der Waals surface area contributed by atoms with Crippen molar-refractivity contribution in [1.82, 2.24) is 56.0 Å². The molecule has 3 aromatic carbocycles. The number of alkyl carbamates (subject to hydrolysis) is 1. The van der Waals surface area contributed by atoms with Crippen LogP contribution in [0, 0.1) is 24.7 Å². The first kappa shape index (κ1) is 79.6. The van der Waals surface area contributed by atoms with E-state index < -0.39 is 66.6 Å². The number of phenols is 1. The number of amides is 8. The maximum atomic E-state index is 13.7. The lowest BCUT2D eigenvalue weighted by molar-refractivity contribution is -0.188. The van der Waals surface area contributed by atoms with E-state index in [1.165, 1.54) is 4.90 Å². The van der Waals surface area contributed by atoms with Gasteiger partial charge in [-0.3, -0.25) is 48.1 Å². The summed E-state index contributed by atoms with van der Waals surface area (Å²) in [7, 11) is 0. The van der Waals surface area contributed by atoms with Crippen LogP contribution < -0.4 is 43.2 Å². The van der Waals surface area contributed by atoms with Crippen LogP contribution in [0.5, 0.6) is 5.75 Å². The number of nitrogens with zero attached hydrogens (tertiary/aromatic N) is 6. The molecule has 10 rings (SSSR count). The zero-order chi connectivity index (χ0) is 75.9. The van der Waals surface area contributed by atoms with Crippen LogP contribution in [-0.2, 0) is 116 Å². The third kappa shape index (κ3) is 21.1. The number of nitrogens with two attached hydrogens (primary N) is 1. The Hall–Kier alpha value is -10.5. The zero-order valence-corrected chi connectivity index (χ0v) is 60.5. The number of ether oxygens (including phenoxy) is 6. The Bertz CT molecular complexity index is 4180. The number of imide groups is 1. The number of carbonyl (C=O) groups is 10. The number of fused-ring (bicyclic) bond motifs is 5. The summed E-state index contributed by atoms with van der Waals surface area (Å²) in [6.45, 7) is 10.7. The highest BCUT2D eigenvalue weighted by atomic mass is 16.6. The molecule has 1 aliphatic carbocycles.